The lowest BCUT2D eigenvalue weighted by Gasteiger charge is -2.34. The monoisotopic (exact) mass is 153 g/mol. The van der Waals surface area contributed by atoms with Crippen molar-refractivity contribution >= 4 is 0 Å². The molecule has 1 fully saturated rings. The predicted molar refractivity (Wildman–Crippen MR) is 42.7 cm³/mol. The quantitative estimate of drug-likeness (QED) is 0.656. The van der Waals surface area contributed by atoms with Crippen molar-refractivity contribution in [3.63, 3.8) is 0 Å². The molecule has 1 saturated carbocycles. The number of nitriles is 1. The van der Waals surface area contributed by atoms with E-state index in [1.165, 1.54) is 0 Å². The molecule has 2 heteroatoms. The van der Waals surface area contributed by atoms with Crippen LogP contribution in [0.1, 0.15) is 33.6 Å². The lowest BCUT2D eigenvalue weighted by molar-refractivity contribution is -0.0413. The van der Waals surface area contributed by atoms with Gasteiger partial charge in [-0.25, -0.2) is 0 Å². The van der Waals surface area contributed by atoms with Gasteiger partial charge >= 0.3 is 0 Å². The second kappa shape index (κ2) is 2.22. The average molecular weight is 153 g/mol. The highest BCUT2D eigenvalue weighted by atomic mass is 16.3. The fourth-order valence-electron chi connectivity index (χ4n) is 1.27. The van der Waals surface area contributed by atoms with Crippen molar-refractivity contribution in [1.29, 1.82) is 5.26 Å². The zero-order chi connectivity index (χ0) is 8.70. The molecule has 1 unspecified atom stereocenters. The molecule has 0 bridgehead atoms. The molecule has 0 radical (unpaired) electrons. The van der Waals surface area contributed by atoms with Gasteiger partial charge in [0.15, 0.2) is 0 Å². The first kappa shape index (κ1) is 8.55. The molecule has 0 heterocycles. The van der Waals surface area contributed by atoms with E-state index in [0.29, 0.717) is 5.92 Å². The van der Waals surface area contributed by atoms with Crippen LogP contribution < -0.4 is 0 Å². The maximum Gasteiger partial charge on any atom is 0.0827 e. The molecule has 0 aromatic heterocycles. The van der Waals surface area contributed by atoms with Crippen molar-refractivity contribution in [3.05, 3.63) is 0 Å². The second-order valence-corrected chi connectivity index (χ2v) is 4.16. The second-order valence-electron chi connectivity index (χ2n) is 4.16. The molecular weight excluding hydrogens is 138 g/mol. The van der Waals surface area contributed by atoms with Crippen molar-refractivity contribution in [2.24, 2.45) is 11.3 Å². The van der Waals surface area contributed by atoms with Crippen LogP contribution in [0.25, 0.3) is 0 Å². The molecule has 1 atom stereocenters. The van der Waals surface area contributed by atoms with Crippen LogP contribution >= 0.6 is 0 Å². The lowest BCUT2D eigenvalue weighted by Crippen LogP contribution is -2.42. The molecule has 0 aromatic carbocycles. The Morgan fingerprint density at radius 2 is 1.82 bits per heavy atom. The maximum absolute atomic E-state index is 9.96. The van der Waals surface area contributed by atoms with Crippen LogP contribution in [0.4, 0.5) is 0 Å². The van der Waals surface area contributed by atoms with Gasteiger partial charge < -0.3 is 5.11 Å². The Labute approximate surface area is 67.8 Å². The zero-order valence-corrected chi connectivity index (χ0v) is 7.39. The van der Waals surface area contributed by atoms with E-state index in [-0.39, 0.29) is 0 Å². The van der Waals surface area contributed by atoms with E-state index in [0.717, 1.165) is 12.8 Å². The van der Waals surface area contributed by atoms with Crippen LogP contribution in [-0.2, 0) is 0 Å². The maximum atomic E-state index is 9.96. The van der Waals surface area contributed by atoms with Crippen molar-refractivity contribution < 1.29 is 5.11 Å². The van der Waals surface area contributed by atoms with E-state index in [1.54, 1.807) is 20.8 Å². The highest BCUT2D eigenvalue weighted by Crippen LogP contribution is 2.48. The number of hydrogen-bond acceptors (Lipinski definition) is 2. The Bertz CT molecular complexity index is 196. The molecule has 62 valence electrons. The van der Waals surface area contributed by atoms with Gasteiger partial charge in [-0.2, -0.15) is 5.26 Å². The minimum absolute atomic E-state index is 0.345. The van der Waals surface area contributed by atoms with Crippen LogP contribution in [0, 0.1) is 22.7 Å². The van der Waals surface area contributed by atoms with Crippen LogP contribution in [0.3, 0.4) is 0 Å². The number of rotatable bonds is 2. The number of aliphatic hydroxyl groups is 1. The molecular formula is C9H15NO. The Balaban J connectivity index is 2.79. The first-order chi connectivity index (χ1) is 4.92. The molecule has 0 spiro atoms. The van der Waals surface area contributed by atoms with Crippen molar-refractivity contribution in [2.45, 2.75) is 39.2 Å². The molecule has 0 aliphatic heterocycles. The molecule has 1 aliphatic carbocycles. The van der Waals surface area contributed by atoms with E-state index in [1.807, 2.05) is 0 Å². The van der Waals surface area contributed by atoms with Crippen molar-refractivity contribution in [3.8, 4) is 6.07 Å². The van der Waals surface area contributed by atoms with Gasteiger partial charge in [0.25, 0.3) is 0 Å². The van der Waals surface area contributed by atoms with Gasteiger partial charge in [0.1, 0.15) is 0 Å². The van der Waals surface area contributed by atoms with Gasteiger partial charge in [-0.05, 0) is 39.5 Å². The van der Waals surface area contributed by atoms with Gasteiger partial charge in [0.2, 0.25) is 0 Å². The zero-order valence-electron chi connectivity index (χ0n) is 7.39. The average Bonchev–Trinajstić information content (AvgIpc) is 2.68. The summed E-state index contributed by atoms with van der Waals surface area (Å²) in [5.74, 6) is 0.345. The van der Waals surface area contributed by atoms with E-state index >= 15 is 0 Å². The predicted octanol–water partition coefficient (Wildman–Crippen LogP) is 1.70. The molecule has 0 amide bonds. The van der Waals surface area contributed by atoms with Crippen molar-refractivity contribution in [2.75, 3.05) is 0 Å². The smallest absolute Gasteiger partial charge is 0.0827 e. The van der Waals surface area contributed by atoms with Crippen LogP contribution in [0.5, 0.6) is 0 Å². The summed E-state index contributed by atoms with van der Waals surface area (Å²) in [6, 6.07) is 2.15. The van der Waals surface area contributed by atoms with Gasteiger partial charge in [-0.15, -0.1) is 0 Å². The summed E-state index contributed by atoms with van der Waals surface area (Å²) in [7, 11) is 0. The third kappa shape index (κ3) is 1.25. The summed E-state index contributed by atoms with van der Waals surface area (Å²) in [4.78, 5) is 0. The van der Waals surface area contributed by atoms with Gasteiger partial charge in [-0.1, -0.05) is 0 Å². The molecule has 11 heavy (non-hydrogen) atoms. The van der Waals surface area contributed by atoms with Crippen molar-refractivity contribution in [1.82, 2.24) is 0 Å². The topological polar surface area (TPSA) is 44.0 Å². The lowest BCUT2D eigenvalue weighted by atomic mass is 9.74. The Hall–Kier alpha value is -0.550. The molecule has 1 rings (SSSR count). The third-order valence-corrected chi connectivity index (χ3v) is 2.92. The first-order valence-electron chi connectivity index (χ1n) is 4.05. The van der Waals surface area contributed by atoms with Crippen LogP contribution in [-0.4, -0.2) is 10.7 Å². The SMILES string of the molecule is CC(C)(C#N)C(C)(O)C1CC1. The molecule has 1 N–H and O–H groups in total. The largest absolute Gasteiger partial charge is 0.388 e. The first-order valence-corrected chi connectivity index (χ1v) is 4.05. The fraction of sp³-hybridized carbons (Fsp3) is 0.889. The summed E-state index contributed by atoms with van der Waals surface area (Å²) in [5, 5.41) is 18.8. The van der Waals surface area contributed by atoms with Crippen LogP contribution in [0.2, 0.25) is 0 Å². The summed E-state index contributed by atoms with van der Waals surface area (Å²) in [6.07, 6.45) is 2.14. The van der Waals surface area contributed by atoms with Gasteiger partial charge in [-0.3, -0.25) is 0 Å². The molecule has 0 saturated heterocycles. The molecule has 1 aliphatic rings. The highest BCUT2D eigenvalue weighted by Gasteiger charge is 2.50. The van der Waals surface area contributed by atoms with E-state index in [9.17, 15) is 5.11 Å². The van der Waals surface area contributed by atoms with E-state index in [4.69, 9.17) is 5.26 Å². The number of nitrogens with zero attached hydrogens (tertiary/aromatic N) is 1. The fourth-order valence-corrected chi connectivity index (χ4v) is 1.27. The van der Waals surface area contributed by atoms with Gasteiger partial charge in [0.05, 0.1) is 17.1 Å². The number of hydrogen-bond donors (Lipinski definition) is 1. The summed E-state index contributed by atoms with van der Waals surface area (Å²) in [5.41, 5.74) is -1.42. The Kier molecular flexibility index (Phi) is 1.72. The Morgan fingerprint density at radius 1 is 1.36 bits per heavy atom. The summed E-state index contributed by atoms with van der Waals surface area (Å²) >= 11 is 0. The van der Waals surface area contributed by atoms with Gasteiger partial charge in [0, 0.05) is 0 Å². The minimum Gasteiger partial charge on any atom is -0.388 e. The van der Waals surface area contributed by atoms with E-state index in [2.05, 4.69) is 6.07 Å². The highest BCUT2D eigenvalue weighted by molar-refractivity contribution is 5.10. The standard InChI is InChI=1S/C9H15NO/c1-8(2,6-10)9(3,11)7-4-5-7/h7,11H,4-5H2,1-3H3. The minimum atomic E-state index is -0.804. The normalized spacial score (nSPS) is 23.9. The third-order valence-electron chi connectivity index (χ3n) is 2.92. The summed E-state index contributed by atoms with van der Waals surface area (Å²) in [6.45, 7) is 5.37. The molecule has 0 aromatic rings. The summed E-state index contributed by atoms with van der Waals surface area (Å²) < 4.78 is 0. The van der Waals surface area contributed by atoms with E-state index < -0.39 is 11.0 Å². The Morgan fingerprint density at radius 3 is 2.09 bits per heavy atom. The van der Waals surface area contributed by atoms with Crippen LogP contribution in [0.15, 0.2) is 0 Å². The molecule has 2 nitrogen and oxygen atoms in total.